The van der Waals surface area contributed by atoms with Crippen LogP contribution in [0.4, 0.5) is 0 Å². The van der Waals surface area contributed by atoms with Crippen LogP contribution < -0.4 is 0 Å². The van der Waals surface area contributed by atoms with Crippen molar-refractivity contribution in [3.63, 3.8) is 0 Å². The van der Waals surface area contributed by atoms with Crippen LogP contribution in [0.15, 0.2) is 53.2 Å². The highest BCUT2D eigenvalue weighted by Gasteiger charge is 2.26. The van der Waals surface area contributed by atoms with Crippen LogP contribution in [-0.4, -0.2) is 16.4 Å². The first-order valence-electron chi connectivity index (χ1n) is 7.67. The second kappa shape index (κ2) is 6.32. The molecule has 1 aliphatic heterocycles. The number of hydrogen-bond donors (Lipinski definition) is 0. The van der Waals surface area contributed by atoms with Gasteiger partial charge in [0, 0.05) is 18.0 Å². The Morgan fingerprint density at radius 2 is 2.00 bits per heavy atom. The average Bonchev–Trinajstić information content (AvgIpc) is 3.30. The molecule has 3 heterocycles. The van der Waals surface area contributed by atoms with E-state index in [1.54, 1.807) is 22.7 Å². The Bertz CT molecular complexity index is 719. The molecular weight excluding hydrogens is 308 g/mol. The maximum absolute atomic E-state index is 4.83. The Balaban J connectivity index is 1.51. The summed E-state index contributed by atoms with van der Waals surface area (Å²) in [5.41, 5.74) is 2.64. The fourth-order valence-corrected chi connectivity index (χ4v) is 4.79. The minimum Gasteiger partial charge on any atom is -0.290 e. The lowest BCUT2D eigenvalue weighted by molar-refractivity contribution is 0.246. The van der Waals surface area contributed by atoms with E-state index in [1.807, 2.05) is 0 Å². The number of thiazole rings is 1. The van der Waals surface area contributed by atoms with E-state index in [2.05, 4.69) is 58.1 Å². The van der Waals surface area contributed by atoms with E-state index in [0.29, 0.717) is 6.04 Å². The number of nitrogens with zero attached hydrogens (tertiary/aromatic N) is 2. The Kier molecular flexibility index (Phi) is 4.06. The SMILES string of the molecule is c1ccc(C2CCCN2Cc2csc(-c3cccs3)n2)cc1. The summed E-state index contributed by atoms with van der Waals surface area (Å²) in [6.07, 6.45) is 2.54. The molecule has 3 aromatic rings. The van der Waals surface area contributed by atoms with Gasteiger partial charge in [0.15, 0.2) is 0 Å². The molecule has 1 saturated heterocycles. The van der Waals surface area contributed by atoms with Gasteiger partial charge in [-0.1, -0.05) is 36.4 Å². The quantitative estimate of drug-likeness (QED) is 0.654. The number of rotatable bonds is 4. The first kappa shape index (κ1) is 14.1. The summed E-state index contributed by atoms with van der Waals surface area (Å²) < 4.78 is 0. The van der Waals surface area contributed by atoms with Crippen LogP contribution in [0.2, 0.25) is 0 Å². The van der Waals surface area contributed by atoms with Crippen LogP contribution >= 0.6 is 22.7 Å². The molecule has 1 unspecified atom stereocenters. The topological polar surface area (TPSA) is 16.1 Å². The number of benzene rings is 1. The second-order valence-corrected chi connectivity index (χ2v) is 7.47. The van der Waals surface area contributed by atoms with E-state index in [0.717, 1.165) is 11.6 Å². The van der Waals surface area contributed by atoms with Crippen molar-refractivity contribution in [1.29, 1.82) is 0 Å². The molecule has 0 N–H and O–H groups in total. The van der Waals surface area contributed by atoms with E-state index >= 15 is 0 Å². The first-order chi connectivity index (χ1) is 10.9. The van der Waals surface area contributed by atoms with E-state index in [1.165, 1.54) is 35.5 Å². The van der Waals surface area contributed by atoms with Crippen molar-refractivity contribution in [3.05, 3.63) is 64.5 Å². The molecule has 112 valence electrons. The van der Waals surface area contributed by atoms with E-state index < -0.39 is 0 Å². The monoisotopic (exact) mass is 326 g/mol. The van der Waals surface area contributed by atoms with Crippen LogP contribution in [0, 0.1) is 0 Å². The zero-order valence-corrected chi connectivity index (χ0v) is 13.9. The Hall–Kier alpha value is -1.49. The highest BCUT2D eigenvalue weighted by Crippen LogP contribution is 2.34. The molecule has 0 saturated carbocycles. The van der Waals surface area contributed by atoms with Gasteiger partial charge in [-0.25, -0.2) is 4.98 Å². The predicted molar refractivity (Wildman–Crippen MR) is 94.3 cm³/mol. The third kappa shape index (κ3) is 2.86. The Morgan fingerprint density at radius 3 is 2.82 bits per heavy atom. The number of aromatic nitrogens is 1. The van der Waals surface area contributed by atoms with Crippen molar-refractivity contribution < 1.29 is 0 Å². The minimum atomic E-state index is 0.549. The molecule has 2 aromatic heterocycles. The van der Waals surface area contributed by atoms with Crippen molar-refractivity contribution in [3.8, 4) is 9.88 Å². The lowest BCUT2D eigenvalue weighted by atomic mass is 10.0. The summed E-state index contributed by atoms with van der Waals surface area (Å²) in [7, 11) is 0. The summed E-state index contributed by atoms with van der Waals surface area (Å²) in [5, 5.41) is 5.48. The largest absolute Gasteiger partial charge is 0.290 e. The molecule has 0 aliphatic carbocycles. The van der Waals surface area contributed by atoms with Crippen molar-refractivity contribution in [2.75, 3.05) is 6.54 Å². The zero-order valence-electron chi connectivity index (χ0n) is 12.3. The molecular formula is C18H18N2S2. The standard InChI is InChI=1S/C18H18N2S2/c1-2-6-14(7-3-1)16-8-4-10-20(16)12-15-13-22-18(19-15)17-9-5-11-21-17/h1-3,5-7,9,11,13,16H,4,8,10,12H2. The van der Waals surface area contributed by atoms with E-state index in [-0.39, 0.29) is 0 Å². The molecule has 0 radical (unpaired) electrons. The van der Waals surface area contributed by atoms with Crippen LogP contribution in [0.25, 0.3) is 9.88 Å². The van der Waals surface area contributed by atoms with Crippen LogP contribution in [0.3, 0.4) is 0 Å². The van der Waals surface area contributed by atoms with Crippen molar-refractivity contribution in [2.24, 2.45) is 0 Å². The van der Waals surface area contributed by atoms with Gasteiger partial charge < -0.3 is 0 Å². The zero-order chi connectivity index (χ0) is 14.8. The van der Waals surface area contributed by atoms with Gasteiger partial charge >= 0.3 is 0 Å². The molecule has 0 bridgehead atoms. The molecule has 0 amide bonds. The van der Waals surface area contributed by atoms with Gasteiger partial charge in [-0.3, -0.25) is 4.90 Å². The molecule has 2 nitrogen and oxygen atoms in total. The third-order valence-corrected chi connectivity index (χ3v) is 6.13. The molecule has 1 atom stereocenters. The lowest BCUT2D eigenvalue weighted by Gasteiger charge is -2.23. The summed E-state index contributed by atoms with van der Waals surface area (Å²) in [4.78, 5) is 8.68. The minimum absolute atomic E-state index is 0.549. The molecule has 1 aliphatic rings. The van der Waals surface area contributed by atoms with Gasteiger partial charge in [0.25, 0.3) is 0 Å². The van der Waals surface area contributed by atoms with E-state index in [4.69, 9.17) is 4.98 Å². The maximum atomic E-state index is 4.83. The normalized spacial score (nSPS) is 18.8. The highest BCUT2D eigenvalue weighted by molar-refractivity contribution is 7.20. The molecule has 4 rings (SSSR count). The van der Waals surface area contributed by atoms with Crippen LogP contribution in [0.1, 0.15) is 30.1 Å². The Morgan fingerprint density at radius 1 is 1.09 bits per heavy atom. The molecule has 22 heavy (non-hydrogen) atoms. The summed E-state index contributed by atoms with van der Waals surface area (Å²) in [6.45, 7) is 2.13. The highest BCUT2D eigenvalue weighted by atomic mass is 32.1. The van der Waals surface area contributed by atoms with Gasteiger partial charge in [0.05, 0.1) is 10.6 Å². The lowest BCUT2D eigenvalue weighted by Crippen LogP contribution is -2.22. The average molecular weight is 326 g/mol. The second-order valence-electron chi connectivity index (χ2n) is 5.66. The van der Waals surface area contributed by atoms with Crippen LogP contribution in [0.5, 0.6) is 0 Å². The molecule has 0 spiro atoms. The third-order valence-electron chi connectivity index (χ3n) is 4.20. The van der Waals surface area contributed by atoms with Crippen LogP contribution in [-0.2, 0) is 6.54 Å². The summed E-state index contributed by atoms with van der Waals surface area (Å²) in [6, 6.07) is 15.7. The first-order valence-corrected chi connectivity index (χ1v) is 9.43. The summed E-state index contributed by atoms with van der Waals surface area (Å²) >= 11 is 3.52. The molecule has 1 fully saturated rings. The van der Waals surface area contributed by atoms with Crippen molar-refractivity contribution >= 4 is 22.7 Å². The Labute approximate surface area is 139 Å². The molecule has 4 heteroatoms. The van der Waals surface area contributed by atoms with Gasteiger partial charge in [-0.2, -0.15) is 0 Å². The fourth-order valence-electron chi connectivity index (χ4n) is 3.17. The van der Waals surface area contributed by atoms with E-state index in [9.17, 15) is 0 Å². The summed E-state index contributed by atoms with van der Waals surface area (Å²) in [5.74, 6) is 0. The van der Waals surface area contributed by atoms with Gasteiger partial charge in [0.1, 0.15) is 5.01 Å². The smallest absolute Gasteiger partial charge is 0.133 e. The van der Waals surface area contributed by atoms with Gasteiger partial charge in [0.2, 0.25) is 0 Å². The fraction of sp³-hybridized carbons (Fsp3) is 0.278. The number of likely N-dealkylation sites (tertiary alicyclic amines) is 1. The predicted octanol–water partition coefficient (Wildman–Crippen LogP) is 5.21. The van der Waals surface area contributed by atoms with Gasteiger partial charge in [-0.15, -0.1) is 22.7 Å². The number of hydrogen-bond acceptors (Lipinski definition) is 4. The van der Waals surface area contributed by atoms with Crippen molar-refractivity contribution in [2.45, 2.75) is 25.4 Å². The number of thiophene rings is 1. The maximum Gasteiger partial charge on any atom is 0.133 e. The van der Waals surface area contributed by atoms with Crippen molar-refractivity contribution in [1.82, 2.24) is 9.88 Å². The van der Waals surface area contributed by atoms with Gasteiger partial charge in [-0.05, 0) is 36.4 Å². The molecule has 1 aromatic carbocycles.